The molecule has 0 aliphatic carbocycles. The fourth-order valence-corrected chi connectivity index (χ4v) is 2.57. The lowest BCUT2D eigenvalue weighted by atomic mass is 9.78. The zero-order valence-electron chi connectivity index (χ0n) is 14.5. The molecule has 126 valence electrons. The van der Waals surface area contributed by atoms with E-state index in [1.807, 2.05) is 31.2 Å². The first-order valence-corrected chi connectivity index (χ1v) is 8.14. The molecular formula is C21H24O3. The van der Waals surface area contributed by atoms with E-state index in [9.17, 15) is 9.90 Å². The van der Waals surface area contributed by atoms with Gasteiger partial charge >= 0.3 is 5.97 Å². The first kappa shape index (κ1) is 17.8. The molecule has 0 atom stereocenters. The minimum absolute atomic E-state index is 0.220. The van der Waals surface area contributed by atoms with Crippen LogP contribution in [0.1, 0.15) is 44.7 Å². The maximum absolute atomic E-state index is 11.9. The van der Waals surface area contributed by atoms with Crippen molar-refractivity contribution in [2.45, 2.75) is 39.0 Å². The van der Waals surface area contributed by atoms with Crippen molar-refractivity contribution in [3.05, 3.63) is 71.8 Å². The van der Waals surface area contributed by atoms with Crippen LogP contribution in [0.25, 0.3) is 0 Å². The molecule has 0 aliphatic heterocycles. The minimum atomic E-state index is -0.373. The van der Waals surface area contributed by atoms with Crippen molar-refractivity contribution in [3.63, 3.8) is 0 Å². The van der Waals surface area contributed by atoms with Crippen LogP contribution >= 0.6 is 0 Å². The van der Waals surface area contributed by atoms with Gasteiger partial charge in [-0.25, -0.2) is 4.79 Å². The largest absolute Gasteiger partial charge is 0.508 e. The minimum Gasteiger partial charge on any atom is -0.508 e. The maximum atomic E-state index is 11.9. The van der Waals surface area contributed by atoms with Gasteiger partial charge in [0, 0.05) is 11.0 Å². The van der Waals surface area contributed by atoms with Crippen LogP contribution in [0.3, 0.4) is 0 Å². The van der Waals surface area contributed by atoms with Gasteiger partial charge in [-0.3, -0.25) is 0 Å². The predicted octanol–water partition coefficient (Wildman–Crippen LogP) is 4.98. The number of phenols is 1. The second-order valence-electron chi connectivity index (χ2n) is 6.44. The highest BCUT2D eigenvalue weighted by molar-refractivity contribution is 5.89. The molecule has 0 bridgehead atoms. The Morgan fingerprint density at radius 3 is 2.04 bits per heavy atom. The summed E-state index contributed by atoms with van der Waals surface area (Å²) in [5.41, 5.74) is 2.47. The first-order chi connectivity index (χ1) is 11.3. The number of hydrogen-bond acceptors (Lipinski definition) is 3. The van der Waals surface area contributed by atoms with Gasteiger partial charge in [-0.1, -0.05) is 58.0 Å². The average Bonchev–Trinajstić information content (AvgIpc) is 2.56. The number of benzene rings is 2. The van der Waals surface area contributed by atoms with E-state index in [-0.39, 0.29) is 17.1 Å². The van der Waals surface area contributed by atoms with E-state index >= 15 is 0 Å². The quantitative estimate of drug-likeness (QED) is 0.463. The summed E-state index contributed by atoms with van der Waals surface area (Å²) in [7, 11) is 0. The molecule has 3 heteroatoms. The molecule has 0 unspecified atom stereocenters. The molecule has 2 rings (SSSR count). The lowest BCUT2D eigenvalue weighted by molar-refractivity contribution is -0.130. The highest BCUT2D eigenvalue weighted by Crippen LogP contribution is 2.33. The van der Waals surface area contributed by atoms with E-state index in [1.54, 1.807) is 24.3 Å². The number of hydrogen-bond donors (Lipinski definition) is 1. The highest BCUT2D eigenvalue weighted by atomic mass is 16.5. The Morgan fingerprint density at radius 2 is 1.54 bits per heavy atom. The van der Waals surface area contributed by atoms with Crippen LogP contribution in [-0.4, -0.2) is 11.1 Å². The second kappa shape index (κ2) is 7.35. The summed E-state index contributed by atoms with van der Waals surface area (Å²) in [5.74, 6) is 0.397. The Labute approximate surface area is 143 Å². The van der Waals surface area contributed by atoms with Gasteiger partial charge < -0.3 is 9.84 Å². The number of carbonyl (C=O) groups excluding carboxylic acids is 1. The molecule has 0 spiro atoms. The lowest BCUT2D eigenvalue weighted by Gasteiger charge is -2.26. The highest BCUT2D eigenvalue weighted by Gasteiger charge is 2.23. The van der Waals surface area contributed by atoms with Crippen molar-refractivity contribution in [2.24, 2.45) is 0 Å². The second-order valence-corrected chi connectivity index (χ2v) is 6.44. The van der Waals surface area contributed by atoms with Gasteiger partial charge in [-0.2, -0.15) is 0 Å². The van der Waals surface area contributed by atoms with E-state index in [0.717, 1.165) is 17.5 Å². The molecule has 2 aromatic rings. The topological polar surface area (TPSA) is 46.5 Å². The molecule has 3 nitrogen and oxygen atoms in total. The van der Waals surface area contributed by atoms with E-state index < -0.39 is 0 Å². The van der Waals surface area contributed by atoms with E-state index in [4.69, 9.17) is 4.74 Å². The molecule has 0 amide bonds. The smallest absolute Gasteiger partial charge is 0.338 e. The van der Waals surface area contributed by atoms with Crippen molar-refractivity contribution >= 4 is 5.97 Å². The van der Waals surface area contributed by atoms with E-state index in [1.165, 1.54) is 0 Å². The molecular weight excluding hydrogens is 300 g/mol. The summed E-state index contributed by atoms with van der Waals surface area (Å²) in [6.07, 6.45) is 1.51. The maximum Gasteiger partial charge on any atom is 0.338 e. The Balaban J connectivity index is 2.15. The fraction of sp³-hybridized carbons (Fsp3) is 0.286. The van der Waals surface area contributed by atoms with Crippen LogP contribution in [0, 0.1) is 0 Å². The Morgan fingerprint density at radius 1 is 1.04 bits per heavy atom. The zero-order chi connectivity index (χ0) is 17.7. The number of rotatable bonds is 6. The van der Waals surface area contributed by atoms with Crippen molar-refractivity contribution < 1.29 is 14.6 Å². The first-order valence-electron chi connectivity index (χ1n) is 8.14. The Kier molecular flexibility index (Phi) is 5.45. The molecule has 0 aromatic heterocycles. The SMILES string of the molecule is C=C(CCC)C(=O)Oc1ccc(C(C)(C)c2ccc(O)cc2)cc1. The molecule has 0 fully saturated rings. The van der Waals surface area contributed by atoms with Gasteiger partial charge in [-0.05, 0) is 41.8 Å². The molecule has 1 N–H and O–H groups in total. The molecule has 0 saturated carbocycles. The van der Waals surface area contributed by atoms with Crippen molar-refractivity contribution in [3.8, 4) is 11.5 Å². The average molecular weight is 324 g/mol. The lowest BCUT2D eigenvalue weighted by Crippen LogP contribution is -2.18. The van der Waals surface area contributed by atoms with Gasteiger partial charge in [0.1, 0.15) is 11.5 Å². The van der Waals surface area contributed by atoms with Crippen LogP contribution in [0.4, 0.5) is 0 Å². The van der Waals surface area contributed by atoms with Crippen molar-refractivity contribution in [1.82, 2.24) is 0 Å². The zero-order valence-corrected chi connectivity index (χ0v) is 14.5. The van der Waals surface area contributed by atoms with Gasteiger partial charge in [0.05, 0.1) is 0 Å². The molecule has 2 aromatic carbocycles. The van der Waals surface area contributed by atoms with Gasteiger partial charge in [0.15, 0.2) is 0 Å². The van der Waals surface area contributed by atoms with Crippen molar-refractivity contribution in [1.29, 1.82) is 0 Å². The number of ether oxygens (including phenoxy) is 1. The number of aromatic hydroxyl groups is 1. The van der Waals surface area contributed by atoms with Crippen LogP contribution in [-0.2, 0) is 10.2 Å². The van der Waals surface area contributed by atoms with Crippen LogP contribution in [0.2, 0.25) is 0 Å². The monoisotopic (exact) mass is 324 g/mol. The molecule has 0 saturated heterocycles. The summed E-state index contributed by atoms with van der Waals surface area (Å²) in [5, 5.41) is 9.44. The van der Waals surface area contributed by atoms with Gasteiger partial charge in [0.25, 0.3) is 0 Å². The Hall–Kier alpha value is -2.55. The predicted molar refractivity (Wildman–Crippen MR) is 96.4 cm³/mol. The summed E-state index contributed by atoms with van der Waals surface area (Å²) in [4.78, 5) is 11.9. The Bertz CT molecular complexity index is 710. The van der Waals surface area contributed by atoms with Gasteiger partial charge in [-0.15, -0.1) is 0 Å². The van der Waals surface area contributed by atoms with Crippen LogP contribution in [0.15, 0.2) is 60.7 Å². The molecule has 24 heavy (non-hydrogen) atoms. The number of carbonyl (C=O) groups is 1. The van der Waals surface area contributed by atoms with E-state index in [2.05, 4.69) is 20.4 Å². The summed E-state index contributed by atoms with van der Waals surface area (Å²) in [6, 6.07) is 14.7. The standard InChI is InChI=1S/C21H24O3/c1-5-6-15(2)20(23)24-19-13-9-17(10-14-19)21(3,4)16-7-11-18(22)12-8-16/h7-14,22H,2,5-6H2,1,3-4H3. The molecule has 0 heterocycles. The fourth-order valence-electron chi connectivity index (χ4n) is 2.57. The molecule has 0 aliphatic rings. The summed E-state index contributed by atoms with van der Waals surface area (Å²) >= 11 is 0. The number of phenolic OH excluding ortho intramolecular Hbond substituents is 1. The van der Waals surface area contributed by atoms with E-state index in [0.29, 0.717) is 17.7 Å². The third-order valence-corrected chi connectivity index (χ3v) is 4.22. The summed E-state index contributed by atoms with van der Waals surface area (Å²) in [6.45, 7) is 9.98. The normalized spacial score (nSPS) is 11.1. The summed E-state index contributed by atoms with van der Waals surface area (Å²) < 4.78 is 5.35. The van der Waals surface area contributed by atoms with Crippen molar-refractivity contribution in [2.75, 3.05) is 0 Å². The van der Waals surface area contributed by atoms with Gasteiger partial charge in [0.2, 0.25) is 0 Å². The van der Waals surface area contributed by atoms with Crippen LogP contribution < -0.4 is 4.74 Å². The number of esters is 1. The van der Waals surface area contributed by atoms with Crippen LogP contribution in [0.5, 0.6) is 11.5 Å². The third kappa shape index (κ3) is 4.05. The molecule has 0 radical (unpaired) electrons. The third-order valence-electron chi connectivity index (χ3n) is 4.22.